The lowest BCUT2D eigenvalue weighted by Crippen LogP contribution is -2.13. The van der Waals surface area contributed by atoms with Crippen LogP contribution in [0.2, 0.25) is 0 Å². The van der Waals surface area contributed by atoms with Gasteiger partial charge < -0.3 is 15.5 Å². The monoisotopic (exact) mass is 273 g/mol. The van der Waals surface area contributed by atoms with Crippen LogP contribution in [0.3, 0.4) is 0 Å². The van der Waals surface area contributed by atoms with Crippen LogP contribution in [0.25, 0.3) is 0 Å². The van der Waals surface area contributed by atoms with Crippen molar-refractivity contribution in [1.29, 1.82) is 0 Å². The molecule has 6 nitrogen and oxygen atoms in total. The van der Waals surface area contributed by atoms with E-state index in [1.54, 1.807) is 7.11 Å². The lowest BCUT2D eigenvalue weighted by molar-refractivity contribution is 0.185. The third kappa shape index (κ3) is 3.04. The van der Waals surface area contributed by atoms with Crippen molar-refractivity contribution in [2.24, 2.45) is 5.84 Å². The number of para-hydroxylation sites is 1. The number of anilines is 3. The van der Waals surface area contributed by atoms with Gasteiger partial charge in [0, 0.05) is 23.9 Å². The SMILES string of the molecule is CCc1c(NN)ncnc1Nc1ccccc1COC. The van der Waals surface area contributed by atoms with Crippen LogP contribution >= 0.6 is 0 Å². The minimum atomic E-state index is 0.539. The number of nitrogens with one attached hydrogen (secondary N) is 2. The first-order valence-corrected chi connectivity index (χ1v) is 6.44. The Balaban J connectivity index is 2.35. The second-order valence-corrected chi connectivity index (χ2v) is 4.26. The number of methoxy groups -OCH3 is 1. The summed E-state index contributed by atoms with van der Waals surface area (Å²) < 4.78 is 5.20. The van der Waals surface area contributed by atoms with E-state index in [1.807, 2.05) is 31.2 Å². The molecule has 0 amide bonds. The maximum absolute atomic E-state index is 5.48. The molecule has 0 aliphatic carbocycles. The Morgan fingerprint density at radius 3 is 2.65 bits per heavy atom. The van der Waals surface area contributed by atoms with Crippen LogP contribution in [-0.2, 0) is 17.8 Å². The van der Waals surface area contributed by atoms with E-state index in [9.17, 15) is 0 Å². The topological polar surface area (TPSA) is 85.1 Å². The summed E-state index contributed by atoms with van der Waals surface area (Å²) in [6, 6.07) is 7.95. The van der Waals surface area contributed by atoms with Gasteiger partial charge in [-0.05, 0) is 12.5 Å². The molecule has 4 N–H and O–H groups in total. The van der Waals surface area contributed by atoms with Crippen LogP contribution in [0, 0.1) is 0 Å². The number of ether oxygens (including phenoxy) is 1. The fourth-order valence-electron chi connectivity index (χ4n) is 2.03. The summed E-state index contributed by atoms with van der Waals surface area (Å²) >= 11 is 0. The number of hydrogen-bond acceptors (Lipinski definition) is 6. The van der Waals surface area contributed by atoms with E-state index >= 15 is 0 Å². The molecule has 1 aromatic carbocycles. The fourth-order valence-corrected chi connectivity index (χ4v) is 2.03. The van der Waals surface area contributed by atoms with E-state index in [0.29, 0.717) is 12.4 Å². The normalized spacial score (nSPS) is 10.3. The van der Waals surface area contributed by atoms with Crippen LogP contribution in [0.4, 0.5) is 17.3 Å². The van der Waals surface area contributed by atoms with Crippen molar-refractivity contribution in [3.63, 3.8) is 0 Å². The maximum atomic E-state index is 5.48. The highest BCUT2D eigenvalue weighted by molar-refractivity contribution is 5.66. The molecule has 20 heavy (non-hydrogen) atoms. The van der Waals surface area contributed by atoms with Crippen molar-refractivity contribution in [3.8, 4) is 0 Å². The van der Waals surface area contributed by atoms with Crippen molar-refractivity contribution in [2.45, 2.75) is 20.0 Å². The van der Waals surface area contributed by atoms with Crippen LogP contribution < -0.4 is 16.6 Å². The molecule has 2 rings (SSSR count). The molecular weight excluding hydrogens is 254 g/mol. The number of nitrogen functional groups attached to an aromatic ring is 1. The standard InChI is InChI=1S/C14H19N5O/c1-3-11-13(16-9-17-14(11)19-15)18-12-7-5-4-6-10(12)8-20-2/h4-7,9H,3,8,15H2,1-2H3,(H2,16,17,18,19). The Labute approximate surface area is 118 Å². The Morgan fingerprint density at radius 1 is 1.20 bits per heavy atom. The molecular formula is C14H19N5O. The minimum absolute atomic E-state index is 0.539. The number of nitrogens with zero attached hydrogens (tertiary/aromatic N) is 2. The highest BCUT2D eigenvalue weighted by Gasteiger charge is 2.10. The molecule has 0 saturated carbocycles. The average molecular weight is 273 g/mol. The van der Waals surface area contributed by atoms with Gasteiger partial charge in [-0.1, -0.05) is 25.1 Å². The molecule has 0 spiro atoms. The lowest BCUT2D eigenvalue weighted by atomic mass is 10.1. The summed E-state index contributed by atoms with van der Waals surface area (Å²) in [7, 11) is 1.68. The summed E-state index contributed by atoms with van der Waals surface area (Å²) in [6.07, 6.45) is 2.25. The number of aromatic nitrogens is 2. The van der Waals surface area contributed by atoms with E-state index in [1.165, 1.54) is 6.33 Å². The largest absolute Gasteiger partial charge is 0.380 e. The molecule has 0 bridgehead atoms. The Bertz CT molecular complexity index is 573. The van der Waals surface area contributed by atoms with Crippen LogP contribution in [-0.4, -0.2) is 17.1 Å². The molecule has 0 fully saturated rings. The Morgan fingerprint density at radius 2 is 1.95 bits per heavy atom. The third-order valence-corrected chi connectivity index (χ3v) is 3.01. The smallest absolute Gasteiger partial charge is 0.148 e. The molecule has 2 aromatic rings. The zero-order chi connectivity index (χ0) is 14.4. The second-order valence-electron chi connectivity index (χ2n) is 4.26. The van der Waals surface area contributed by atoms with Gasteiger partial charge in [0.2, 0.25) is 0 Å². The maximum Gasteiger partial charge on any atom is 0.148 e. The van der Waals surface area contributed by atoms with E-state index < -0.39 is 0 Å². The van der Waals surface area contributed by atoms with Crippen molar-refractivity contribution in [2.75, 3.05) is 17.9 Å². The first kappa shape index (κ1) is 14.2. The van der Waals surface area contributed by atoms with Crippen molar-refractivity contribution in [1.82, 2.24) is 9.97 Å². The molecule has 0 unspecified atom stereocenters. The highest BCUT2D eigenvalue weighted by atomic mass is 16.5. The zero-order valence-corrected chi connectivity index (χ0v) is 11.7. The predicted molar refractivity (Wildman–Crippen MR) is 79.7 cm³/mol. The predicted octanol–water partition coefficient (Wildman–Crippen LogP) is 2.21. The van der Waals surface area contributed by atoms with Gasteiger partial charge in [0.15, 0.2) is 0 Å². The number of nitrogens with two attached hydrogens (primary N) is 1. The molecule has 6 heteroatoms. The van der Waals surface area contributed by atoms with Gasteiger partial charge in [-0.2, -0.15) is 0 Å². The van der Waals surface area contributed by atoms with E-state index in [2.05, 4.69) is 20.7 Å². The van der Waals surface area contributed by atoms with E-state index in [4.69, 9.17) is 10.6 Å². The summed E-state index contributed by atoms with van der Waals surface area (Å²) in [5.74, 6) is 6.86. The summed E-state index contributed by atoms with van der Waals surface area (Å²) in [5, 5.41) is 3.32. The Kier molecular flexibility index (Phi) is 4.86. The third-order valence-electron chi connectivity index (χ3n) is 3.01. The average Bonchev–Trinajstić information content (AvgIpc) is 2.49. The van der Waals surface area contributed by atoms with Gasteiger partial charge in [-0.25, -0.2) is 15.8 Å². The van der Waals surface area contributed by atoms with Gasteiger partial charge in [-0.3, -0.25) is 0 Å². The molecule has 0 saturated heterocycles. The van der Waals surface area contributed by atoms with Gasteiger partial charge in [-0.15, -0.1) is 0 Å². The van der Waals surface area contributed by atoms with Gasteiger partial charge in [0.05, 0.1) is 6.61 Å². The summed E-state index contributed by atoms with van der Waals surface area (Å²) in [5.41, 5.74) is 5.57. The Hall–Kier alpha value is -2.18. The number of rotatable bonds is 6. The van der Waals surface area contributed by atoms with Crippen LogP contribution in [0.15, 0.2) is 30.6 Å². The van der Waals surface area contributed by atoms with Crippen molar-refractivity contribution < 1.29 is 4.74 Å². The van der Waals surface area contributed by atoms with Crippen LogP contribution in [0.5, 0.6) is 0 Å². The van der Waals surface area contributed by atoms with Gasteiger partial charge in [0.1, 0.15) is 18.0 Å². The first-order valence-electron chi connectivity index (χ1n) is 6.44. The van der Waals surface area contributed by atoms with Crippen LogP contribution in [0.1, 0.15) is 18.1 Å². The molecule has 0 aliphatic heterocycles. The molecule has 1 aromatic heterocycles. The molecule has 1 heterocycles. The molecule has 0 aliphatic rings. The van der Waals surface area contributed by atoms with E-state index in [-0.39, 0.29) is 0 Å². The summed E-state index contributed by atoms with van der Waals surface area (Å²) in [4.78, 5) is 8.41. The second kappa shape index (κ2) is 6.83. The van der Waals surface area contributed by atoms with Gasteiger partial charge in [0.25, 0.3) is 0 Å². The lowest BCUT2D eigenvalue weighted by Gasteiger charge is -2.15. The first-order chi connectivity index (χ1) is 9.80. The molecule has 0 atom stereocenters. The van der Waals surface area contributed by atoms with Crippen molar-refractivity contribution >= 4 is 17.3 Å². The quantitative estimate of drug-likeness (QED) is 0.553. The van der Waals surface area contributed by atoms with Crippen molar-refractivity contribution in [3.05, 3.63) is 41.7 Å². The molecule has 106 valence electrons. The summed E-state index contributed by atoms with van der Waals surface area (Å²) in [6.45, 7) is 2.57. The fraction of sp³-hybridized carbons (Fsp3) is 0.286. The van der Waals surface area contributed by atoms with E-state index in [0.717, 1.165) is 29.1 Å². The zero-order valence-electron chi connectivity index (χ0n) is 11.7. The van der Waals surface area contributed by atoms with Gasteiger partial charge >= 0.3 is 0 Å². The number of benzene rings is 1. The number of hydrazine groups is 1. The highest BCUT2D eigenvalue weighted by Crippen LogP contribution is 2.25. The minimum Gasteiger partial charge on any atom is -0.380 e. The number of hydrogen-bond donors (Lipinski definition) is 3. The molecule has 0 radical (unpaired) electrons.